The molecule has 112 valence electrons. The van der Waals surface area contributed by atoms with Gasteiger partial charge in [0.15, 0.2) is 0 Å². The second kappa shape index (κ2) is 6.13. The van der Waals surface area contributed by atoms with Crippen LogP contribution in [0.4, 0.5) is 10.1 Å². The van der Waals surface area contributed by atoms with Gasteiger partial charge in [0.05, 0.1) is 10.6 Å². The molecule has 4 nitrogen and oxygen atoms in total. The molecule has 0 saturated carbocycles. The quantitative estimate of drug-likeness (QED) is 0.865. The molecule has 3 N–H and O–H groups in total. The van der Waals surface area contributed by atoms with Gasteiger partial charge in [0.2, 0.25) is 0 Å². The van der Waals surface area contributed by atoms with Crippen molar-refractivity contribution in [3.63, 3.8) is 0 Å². The van der Waals surface area contributed by atoms with E-state index in [0.29, 0.717) is 10.0 Å². The monoisotopic (exact) mass is 372 g/mol. The fourth-order valence-electron chi connectivity index (χ4n) is 1.96. The van der Waals surface area contributed by atoms with Crippen molar-refractivity contribution in [2.24, 2.45) is 5.73 Å². The first-order chi connectivity index (χ1) is 9.86. The van der Waals surface area contributed by atoms with Crippen LogP contribution in [-0.4, -0.2) is 8.42 Å². The summed E-state index contributed by atoms with van der Waals surface area (Å²) in [5.41, 5.74) is 6.75. The number of hydrogen-bond donors (Lipinski definition) is 2. The number of anilines is 1. The van der Waals surface area contributed by atoms with E-state index in [-0.39, 0.29) is 17.1 Å². The summed E-state index contributed by atoms with van der Waals surface area (Å²) in [4.78, 5) is 0.0839. The van der Waals surface area contributed by atoms with Gasteiger partial charge in [-0.25, -0.2) is 12.8 Å². The molecule has 0 spiro atoms. The van der Waals surface area contributed by atoms with Gasteiger partial charge in [-0.1, -0.05) is 18.2 Å². The topological polar surface area (TPSA) is 72.2 Å². The van der Waals surface area contributed by atoms with Crippen molar-refractivity contribution in [2.45, 2.75) is 18.4 Å². The lowest BCUT2D eigenvalue weighted by Gasteiger charge is -2.14. The predicted octanol–water partition coefficient (Wildman–Crippen LogP) is 3.16. The number of para-hydroxylation sites is 1. The smallest absolute Gasteiger partial charge is 0.262 e. The summed E-state index contributed by atoms with van der Waals surface area (Å²) in [6.07, 6.45) is 0. The third-order valence-electron chi connectivity index (χ3n) is 3.10. The molecule has 0 fully saturated rings. The maximum atomic E-state index is 13.8. The minimum atomic E-state index is -3.90. The highest BCUT2D eigenvalue weighted by Gasteiger charge is 2.21. The van der Waals surface area contributed by atoms with Crippen LogP contribution in [0.25, 0.3) is 0 Å². The number of sulfonamides is 1. The molecule has 0 aliphatic rings. The van der Waals surface area contributed by atoms with E-state index in [4.69, 9.17) is 5.73 Å². The van der Waals surface area contributed by atoms with Crippen LogP contribution in [0.2, 0.25) is 0 Å². The van der Waals surface area contributed by atoms with E-state index in [9.17, 15) is 12.8 Å². The van der Waals surface area contributed by atoms with Crippen molar-refractivity contribution < 1.29 is 12.8 Å². The zero-order valence-corrected chi connectivity index (χ0v) is 13.6. The van der Waals surface area contributed by atoms with Crippen LogP contribution in [0.15, 0.2) is 45.8 Å². The molecule has 2 aromatic carbocycles. The summed E-state index contributed by atoms with van der Waals surface area (Å²) in [5, 5.41) is 0. The van der Waals surface area contributed by atoms with Gasteiger partial charge in [-0.05, 0) is 52.2 Å². The molecule has 21 heavy (non-hydrogen) atoms. The first kappa shape index (κ1) is 15.9. The lowest BCUT2D eigenvalue weighted by molar-refractivity contribution is 0.597. The van der Waals surface area contributed by atoms with E-state index in [2.05, 4.69) is 20.7 Å². The average Bonchev–Trinajstić information content (AvgIpc) is 2.43. The Hall–Kier alpha value is -1.44. The van der Waals surface area contributed by atoms with Gasteiger partial charge < -0.3 is 5.73 Å². The highest BCUT2D eigenvalue weighted by atomic mass is 79.9. The summed E-state index contributed by atoms with van der Waals surface area (Å²) in [7, 11) is -3.90. The number of rotatable bonds is 4. The van der Waals surface area contributed by atoms with Gasteiger partial charge in [-0.15, -0.1) is 0 Å². The van der Waals surface area contributed by atoms with E-state index in [1.807, 2.05) is 0 Å². The largest absolute Gasteiger partial charge is 0.326 e. The molecule has 2 rings (SSSR count). The fourth-order valence-corrected chi connectivity index (χ4v) is 3.91. The maximum Gasteiger partial charge on any atom is 0.262 e. The van der Waals surface area contributed by atoms with E-state index in [1.165, 1.54) is 18.2 Å². The highest BCUT2D eigenvalue weighted by molar-refractivity contribution is 9.10. The molecular formula is C14H14BrFN2O2S. The van der Waals surface area contributed by atoms with Gasteiger partial charge in [-0.3, -0.25) is 4.72 Å². The van der Waals surface area contributed by atoms with Crippen molar-refractivity contribution in [1.29, 1.82) is 0 Å². The summed E-state index contributed by atoms with van der Waals surface area (Å²) < 4.78 is 41.3. The Morgan fingerprint density at radius 3 is 2.52 bits per heavy atom. The molecule has 0 amide bonds. The van der Waals surface area contributed by atoms with E-state index < -0.39 is 15.8 Å². The molecule has 0 aromatic heterocycles. The third kappa shape index (κ3) is 3.25. The highest BCUT2D eigenvalue weighted by Crippen LogP contribution is 2.29. The van der Waals surface area contributed by atoms with Gasteiger partial charge >= 0.3 is 0 Å². The molecule has 2 aromatic rings. The fraction of sp³-hybridized carbons (Fsp3) is 0.143. The number of benzene rings is 2. The summed E-state index contributed by atoms with van der Waals surface area (Å²) in [5.74, 6) is -0.652. The normalized spacial score (nSPS) is 11.4. The third-order valence-corrected chi connectivity index (χ3v) is 5.26. The molecular weight excluding hydrogens is 359 g/mol. The second-order valence-corrected chi connectivity index (χ2v) is 6.95. The van der Waals surface area contributed by atoms with Crippen molar-refractivity contribution in [3.8, 4) is 0 Å². The van der Waals surface area contributed by atoms with Crippen LogP contribution < -0.4 is 10.5 Å². The van der Waals surface area contributed by atoms with E-state index in [1.54, 1.807) is 25.1 Å². The predicted molar refractivity (Wildman–Crippen MR) is 84.0 cm³/mol. The molecule has 0 atom stereocenters. The number of nitrogens with one attached hydrogen (secondary N) is 1. The summed E-state index contributed by atoms with van der Waals surface area (Å²) >= 11 is 3.13. The minimum Gasteiger partial charge on any atom is -0.326 e. The zero-order chi connectivity index (χ0) is 15.6. The average molecular weight is 373 g/mol. The van der Waals surface area contributed by atoms with Gasteiger partial charge in [0, 0.05) is 11.0 Å². The van der Waals surface area contributed by atoms with Crippen LogP contribution in [0, 0.1) is 12.7 Å². The number of halogens is 2. The Morgan fingerprint density at radius 1 is 1.24 bits per heavy atom. The van der Waals surface area contributed by atoms with Crippen LogP contribution in [0.1, 0.15) is 11.1 Å². The van der Waals surface area contributed by atoms with Crippen molar-refractivity contribution in [1.82, 2.24) is 0 Å². The van der Waals surface area contributed by atoms with Crippen molar-refractivity contribution >= 4 is 31.6 Å². The Labute approximate surface area is 131 Å². The van der Waals surface area contributed by atoms with Crippen LogP contribution >= 0.6 is 15.9 Å². The Bertz CT molecular complexity index is 758. The lowest BCUT2D eigenvalue weighted by atomic mass is 10.1. The molecule has 0 unspecified atom stereocenters. The SMILES string of the molecule is Cc1c(CN)cccc1S(=O)(=O)Nc1c(F)cccc1Br. The first-order valence-corrected chi connectivity index (χ1v) is 8.40. The van der Waals surface area contributed by atoms with Crippen molar-refractivity contribution in [2.75, 3.05) is 4.72 Å². The van der Waals surface area contributed by atoms with Gasteiger partial charge in [0.25, 0.3) is 10.0 Å². The molecule has 0 saturated heterocycles. The van der Waals surface area contributed by atoms with Gasteiger partial charge in [-0.2, -0.15) is 0 Å². The molecule has 0 bridgehead atoms. The first-order valence-electron chi connectivity index (χ1n) is 6.12. The Morgan fingerprint density at radius 2 is 1.90 bits per heavy atom. The zero-order valence-electron chi connectivity index (χ0n) is 11.2. The number of hydrogen-bond acceptors (Lipinski definition) is 3. The lowest BCUT2D eigenvalue weighted by Crippen LogP contribution is -2.16. The van der Waals surface area contributed by atoms with Crippen LogP contribution in [0.5, 0.6) is 0 Å². The number of nitrogens with two attached hydrogens (primary N) is 1. The molecule has 0 heterocycles. The molecule has 0 aliphatic carbocycles. The summed E-state index contributed by atoms with van der Waals surface area (Å²) in [6.45, 7) is 1.91. The van der Waals surface area contributed by atoms with Crippen LogP contribution in [-0.2, 0) is 16.6 Å². The van der Waals surface area contributed by atoms with E-state index in [0.717, 1.165) is 5.56 Å². The molecule has 0 aliphatic heterocycles. The van der Waals surface area contributed by atoms with Crippen LogP contribution in [0.3, 0.4) is 0 Å². The van der Waals surface area contributed by atoms with Crippen molar-refractivity contribution in [3.05, 3.63) is 57.8 Å². The molecule has 0 radical (unpaired) electrons. The summed E-state index contributed by atoms with van der Waals surface area (Å²) in [6, 6.07) is 9.06. The Balaban J connectivity index is 2.49. The maximum absolute atomic E-state index is 13.8. The Kier molecular flexibility index (Phi) is 4.65. The standard InChI is InChI=1S/C14H14BrFN2O2S/c1-9-10(8-17)4-2-7-13(9)21(19,20)18-14-11(15)5-3-6-12(14)16/h2-7,18H,8,17H2,1H3. The molecule has 7 heteroatoms. The second-order valence-electron chi connectivity index (χ2n) is 4.45. The van der Waals surface area contributed by atoms with Gasteiger partial charge in [0.1, 0.15) is 5.82 Å². The van der Waals surface area contributed by atoms with E-state index >= 15 is 0 Å². The minimum absolute atomic E-state index is 0.0839.